The number of hydrogen-bond acceptors (Lipinski definition) is 5. The number of aliphatic hydroxyl groups is 1. The molecular formula is C26H27ClN2O4. The second kappa shape index (κ2) is 9.81. The van der Waals surface area contributed by atoms with E-state index in [9.17, 15) is 14.7 Å². The zero-order valence-electron chi connectivity index (χ0n) is 18.8. The highest BCUT2D eigenvalue weighted by Crippen LogP contribution is 2.40. The summed E-state index contributed by atoms with van der Waals surface area (Å²) in [6.45, 7) is 7.26. The van der Waals surface area contributed by atoms with Crippen LogP contribution in [0.3, 0.4) is 0 Å². The summed E-state index contributed by atoms with van der Waals surface area (Å²) in [5, 5.41) is 12.1. The van der Waals surface area contributed by atoms with E-state index in [0.29, 0.717) is 22.7 Å². The maximum absolute atomic E-state index is 13.5. The van der Waals surface area contributed by atoms with E-state index in [1.165, 1.54) is 0 Å². The van der Waals surface area contributed by atoms with Crippen LogP contribution in [-0.2, 0) is 4.79 Å². The van der Waals surface area contributed by atoms with Gasteiger partial charge in [-0.25, -0.2) is 0 Å². The van der Waals surface area contributed by atoms with Gasteiger partial charge in [-0.05, 0) is 55.9 Å². The van der Waals surface area contributed by atoms with Crippen LogP contribution in [0.15, 0.2) is 70.3 Å². The lowest BCUT2D eigenvalue weighted by molar-refractivity contribution is -0.129. The zero-order valence-corrected chi connectivity index (χ0v) is 19.5. The van der Waals surface area contributed by atoms with Crippen LogP contribution in [0.1, 0.15) is 42.4 Å². The summed E-state index contributed by atoms with van der Waals surface area (Å²) in [5.74, 6) is -1.48. The van der Waals surface area contributed by atoms with E-state index in [0.717, 1.165) is 31.4 Å². The van der Waals surface area contributed by atoms with E-state index in [2.05, 4.69) is 18.7 Å². The number of benzene rings is 2. The molecule has 7 heteroatoms. The van der Waals surface area contributed by atoms with Crippen molar-refractivity contribution in [2.75, 3.05) is 26.2 Å². The number of fused-ring (bicyclic) bond motifs is 1. The van der Waals surface area contributed by atoms with Crippen LogP contribution < -0.4 is 0 Å². The molecule has 172 valence electrons. The van der Waals surface area contributed by atoms with E-state index in [1.54, 1.807) is 41.3 Å². The Labute approximate surface area is 198 Å². The molecule has 2 heterocycles. The molecule has 0 spiro atoms. The number of nitrogens with zero attached hydrogens (tertiary/aromatic N) is 2. The average Bonchev–Trinajstić information content (AvgIpc) is 3.37. The summed E-state index contributed by atoms with van der Waals surface area (Å²) < 4.78 is 5.75. The van der Waals surface area contributed by atoms with Gasteiger partial charge < -0.3 is 19.3 Å². The van der Waals surface area contributed by atoms with Gasteiger partial charge in [-0.3, -0.25) is 9.59 Å². The third kappa shape index (κ3) is 4.54. The molecule has 0 fully saturated rings. The fourth-order valence-electron chi connectivity index (χ4n) is 4.34. The summed E-state index contributed by atoms with van der Waals surface area (Å²) in [6.07, 6.45) is 0.719. The Kier molecular flexibility index (Phi) is 6.86. The third-order valence-electron chi connectivity index (χ3n) is 6.15. The Morgan fingerprint density at radius 2 is 1.82 bits per heavy atom. The van der Waals surface area contributed by atoms with Crippen molar-refractivity contribution in [3.05, 3.63) is 82.3 Å². The van der Waals surface area contributed by atoms with Crippen LogP contribution in [0.5, 0.6) is 0 Å². The van der Waals surface area contributed by atoms with E-state index >= 15 is 0 Å². The lowest BCUT2D eigenvalue weighted by Gasteiger charge is -2.28. The topological polar surface area (TPSA) is 74.0 Å². The molecular weight excluding hydrogens is 440 g/mol. The Morgan fingerprint density at radius 1 is 1.12 bits per heavy atom. The molecule has 2 aromatic carbocycles. The standard InChI is InChI=1S/C26H27ClN2O4/c1-3-28(4-2)14-7-15-29-23(17-10-12-19(27)13-11-17)22(25(31)26(29)32)24(30)21-16-18-8-5-6-9-20(18)33-21/h5-6,8-13,16,23,31H,3-4,7,14-15H2,1-2H3/t23-/m1/s1. The Hall–Kier alpha value is -3.09. The molecule has 0 saturated heterocycles. The van der Waals surface area contributed by atoms with Crippen LogP contribution >= 0.6 is 11.6 Å². The van der Waals surface area contributed by atoms with Crippen molar-refractivity contribution in [3.63, 3.8) is 0 Å². The van der Waals surface area contributed by atoms with Gasteiger partial charge in [0.25, 0.3) is 5.91 Å². The average molecular weight is 467 g/mol. The molecule has 0 saturated carbocycles. The molecule has 3 aromatic rings. The minimum absolute atomic E-state index is 0.0317. The van der Waals surface area contributed by atoms with Gasteiger partial charge in [0.2, 0.25) is 5.78 Å². The highest BCUT2D eigenvalue weighted by atomic mass is 35.5. The minimum atomic E-state index is -0.716. The Bertz CT molecular complexity index is 1160. The smallest absolute Gasteiger partial charge is 0.290 e. The molecule has 1 amide bonds. The molecule has 1 aliphatic rings. The Balaban J connectivity index is 1.69. The van der Waals surface area contributed by atoms with Gasteiger partial charge in [0, 0.05) is 17.0 Å². The second-order valence-corrected chi connectivity index (χ2v) is 8.51. The monoisotopic (exact) mass is 466 g/mol. The van der Waals surface area contributed by atoms with Gasteiger partial charge >= 0.3 is 0 Å². The normalized spacial score (nSPS) is 16.4. The Morgan fingerprint density at radius 3 is 2.48 bits per heavy atom. The molecule has 1 aromatic heterocycles. The first-order valence-corrected chi connectivity index (χ1v) is 11.6. The summed E-state index contributed by atoms with van der Waals surface area (Å²) in [6, 6.07) is 15.2. The number of carbonyl (C=O) groups excluding carboxylic acids is 2. The summed E-state index contributed by atoms with van der Waals surface area (Å²) in [4.78, 5) is 30.4. The summed E-state index contributed by atoms with van der Waals surface area (Å²) in [5.41, 5.74) is 1.31. The third-order valence-corrected chi connectivity index (χ3v) is 6.40. The molecule has 6 nitrogen and oxygen atoms in total. The molecule has 1 N–H and O–H groups in total. The lowest BCUT2D eigenvalue weighted by atomic mass is 9.95. The van der Waals surface area contributed by atoms with Gasteiger partial charge in [0.1, 0.15) is 5.58 Å². The second-order valence-electron chi connectivity index (χ2n) is 8.07. The highest BCUT2D eigenvalue weighted by Gasteiger charge is 2.44. The van der Waals surface area contributed by atoms with Crippen molar-refractivity contribution in [2.45, 2.75) is 26.3 Å². The van der Waals surface area contributed by atoms with Crippen molar-refractivity contribution < 1.29 is 19.1 Å². The lowest BCUT2D eigenvalue weighted by Crippen LogP contribution is -2.34. The van der Waals surface area contributed by atoms with E-state index in [4.69, 9.17) is 16.0 Å². The van der Waals surface area contributed by atoms with Crippen molar-refractivity contribution >= 4 is 34.3 Å². The van der Waals surface area contributed by atoms with E-state index in [1.807, 2.05) is 18.2 Å². The maximum atomic E-state index is 13.5. The molecule has 33 heavy (non-hydrogen) atoms. The predicted molar refractivity (Wildman–Crippen MR) is 129 cm³/mol. The largest absolute Gasteiger partial charge is 0.503 e. The molecule has 4 rings (SSSR count). The number of aliphatic hydroxyl groups excluding tert-OH is 1. The number of furan rings is 1. The van der Waals surface area contributed by atoms with Crippen molar-refractivity contribution in [1.29, 1.82) is 0 Å². The number of halogens is 1. The molecule has 0 bridgehead atoms. The molecule has 1 aliphatic heterocycles. The van der Waals surface area contributed by atoms with E-state index < -0.39 is 23.5 Å². The molecule has 1 atom stereocenters. The van der Waals surface area contributed by atoms with Gasteiger partial charge in [-0.2, -0.15) is 0 Å². The van der Waals surface area contributed by atoms with Crippen LogP contribution in [-0.4, -0.2) is 52.8 Å². The first-order valence-electron chi connectivity index (χ1n) is 11.2. The number of amides is 1. The van der Waals surface area contributed by atoms with Crippen molar-refractivity contribution in [1.82, 2.24) is 9.80 Å². The number of Topliss-reactive ketones (excluding diaryl/α,β-unsaturated/α-hetero) is 1. The summed E-state index contributed by atoms with van der Waals surface area (Å²) in [7, 11) is 0. The highest BCUT2D eigenvalue weighted by molar-refractivity contribution is 6.30. The fraction of sp³-hybridized carbons (Fsp3) is 0.308. The number of para-hydroxylation sites is 1. The summed E-state index contributed by atoms with van der Waals surface area (Å²) >= 11 is 6.07. The number of rotatable bonds is 9. The van der Waals surface area contributed by atoms with Crippen molar-refractivity contribution in [2.24, 2.45) is 0 Å². The van der Waals surface area contributed by atoms with Gasteiger partial charge in [-0.15, -0.1) is 0 Å². The number of carbonyl (C=O) groups is 2. The number of ketones is 1. The van der Waals surface area contributed by atoms with Gasteiger partial charge in [-0.1, -0.05) is 55.8 Å². The molecule has 0 unspecified atom stereocenters. The first kappa shape index (κ1) is 23.1. The maximum Gasteiger partial charge on any atom is 0.290 e. The molecule has 0 radical (unpaired) electrons. The number of hydrogen-bond donors (Lipinski definition) is 1. The van der Waals surface area contributed by atoms with E-state index in [-0.39, 0.29) is 11.3 Å². The van der Waals surface area contributed by atoms with Crippen molar-refractivity contribution in [3.8, 4) is 0 Å². The van der Waals surface area contributed by atoms with Crippen LogP contribution in [0.2, 0.25) is 5.02 Å². The van der Waals surface area contributed by atoms with Crippen LogP contribution in [0.25, 0.3) is 11.0 Å². The SMILES string of the molecule is CCN(CC)CCCN1C(=O)C(O)=C(C(=O)c2cc3ccccc3o2)[C@H]1c1ccc(Cl)cc1. The van der Waals surface area contributed by atoms with Gasteiger partial charge in [0.15, 0.2) is 11.5 Å². The fourth-order valence-corrected chi connectivity index (χ4v) is 4.46. The minimum Gasteiger partial charge on any atom is -0.503 e. The zero-order chi connectivity index (χ0) is 23.5. The van der Waals surface area contributed by atoms with Gasteiger partial charge in [0.05, 0.1) is 11.6 Å². The molecule has 0 aliphatic carbocycles. The van der Waals surface area contributed by atoms with Crippen LogP contribution in [0.4, 0.5) is 0 Å². The van der Waals surface area contributed by atoms with Crippen LogP contribution in [0, 0.1) is 0 Å². The quantitative estimate of drug-likeness (QED) is 0.427. The predicted octanol–water partition coefficient (Wildman–Crippen LogP) is 5.40. The first-order chi connectivity index (χ1) is 15.9.